The number of pyridine rings is 1. The summed E-state index contributed by atoms with van der Waals surface area (Å²) in [5.74, 6) is 0.872. The molecule has 0 saturated carbocycles. The first-order valence-corrected chi connectivity index (χ1v) is 8.06. The number of nitrogens with zero attached hydrogens (tertiary/aromatic N) is 2. The molecule has 0 spiro atoms. The van der Waals surface area contributed by atoms with E-state index in [1.54, 1.807) is 7.11 Å². The molecule has 1 aromatic heterocycles. The van der Waals surface area contributed by atoms with Crippen molar-refractivity contribution < 1.29 is 9.47 Å². The fourth-order valence-electron chi connectivity index (χ4n) is 3.02. The van der Waals surface area contributed by atoms with Crippen LogP contribution in [0.25, 0.3) is 0 Å². The average molecular weight is 312 g/mol. The number of aryl methyl sites for hydroxylation is 2. The van der Waals surface area contributed by atoms with Crippen LogP contribution in [0.15, 0.2) is 36.5 Å². The highest BCUT2D eigenvalue weighted by Crippen LogP contribution is 2.36. The van der Waals surface area contributed by atoms with Crippen molar-refractivity contribution in [1.82, 2.24) is 9.88 Å². The fourth-order valence-corrected chi connectivity index (χ4v) is 3.02. The Morgan fingerprint density at radius 1 is 1.17 bits per heavy atom. The molecule has 3 rings (SSSR count). The lowest BCUT2D eigenvalue weighted by Crippen LogP contribution is -2.20. The van der Waals surface area contributed by atoms with E-state index in [2.05, 4.69) is 42.2 Å². The molecule has 1 atom stereocenters. The topological polar surface area (TPSA) is 34.6 Å². The van der Waals surface area contributed by atoms with Gasteiger partial charge in [-0.1, -0.05) is 12.1 Å². The van der Waals surface area contributed by atoms with Crippen LogP contribution in [0, 0.1) is 0 Å². The number of methoxy groups -OCH3 is 1. The average Bonchev–Trinajstić information content (AvgIpc) is 2.71. The standard InChI is InChI=1S/C19H24N2O2/c1-21(2)11-12-23-19-16-5-4-10-20-18(16)9-7-14-6-8-15(22-3)13-17(14)19/h4-6,8,10,13,19H,7,9,11-12H2,1-3H3. The summed E-state index contributed by atoms with van der Waals surface area (Å²) in [4.78, 5) is 6.71. The van der Waals surface area contributed by atoms with Crippen LogP contribution in [-0.2, 0) is 17.6 Å². The Balaban J connectivity index is 1.99. The maximum atomic E-state index is 6.29. The molecule has 23 heavy (non-hydrogen) atoms. The quantitative estimate of drug-likeness (QED) is 0.850. The maximum Gasteiger partial charge on any atom is 0.119 e. The fraction of sp³-hybridized carbons (Fsp3) is 0.421. The lowest BCUT2D eigenvalue weighted by molar-refractivity contribution is 0.0680. The molecule has 4 heteroatoms. The second kappa shape index (κ2) is 7.11. The van der Waals surface area contributed by atoms with Gasteiger partial charge in [-0.15, -0.1) is 0 Å². The Hall–Kier alpha value is -1.91. The molecule has 1 aliphatic carbocycles. The van der Waals surface area contributed by atoms with E-state index in [4.69, 9.17) is 9.47 Å². The Kier molecular flexibility index (Phi) is 4.94. The van der Waals surface area contributed by atoms with Gasteiger partial charge in [-0.25, -0.2) is 0 Å². The minimum Gasteiger partial charge on any atom is -0.497 e. The monoisotopic (exact) mass is 312 g/mol. The van der Waals surface area contributed by atoms with Crippen LogP contribution >= 0.6 is 0 Å². The SMILES string of the molecule is COc1ccc2c(c1)C(OCCN(C)C)c1cccnc1CC2. The van der Waals surface area contributed by atoms with E-state index in [0.29, 0.717) is 6.61 Å². The van der Waals surface area contributed by atoms with Gasteiger partial charge in [-0.05, 0) is 56.3 Å². The molecule has 0 aliphatic heterocycles. The van der Waals surface area contributed by atoms with E-state index in [1.807, 2.05) is 18.3 Å². The van der Waals surface area contributed by atoms with Gasteiger partial charge in [0, 0.05) is 24.0 Å². The van der Waals surface area contributed by atoms with Crippen molar-refractivity contribution in [3.8, 4) is 5.75 Å². The van der Waals surface area contributed by atoms with E-state index >= 15 is 0 Å². The zero-order valence-electron chi connectivity index (χ0n) is 14.1. The minimum atomic E-state index is -0.0775. The maximum absolute atomic E-state index is 6.29. The molecular formula is C19H24N2O2. The van der Waals surface area contributed by atoms with E-state index in [-0.39, 0.29) is 6.10 Å². The first-order chi connectivity index (χ1) is 11.2. The van der Waals surface area contributed by atoms with Crippen molar-refractivity contribution in [2.24, 2.45) is 0 Å². The Bertz CT molecular complexity index is 670. The molecule has 1 aromatic carbocycles. The Morgan fingerprint density at radius 2 is 2.04 bits per heavy atom. The summed E-state index contributed by atoms with van der Waals surface area (Å²) in [6.45, 7) is 1.58. The van der Waals surface area contributed by atoms with Crippen LogP contribution in [-0.4, -0.2) is 44.2 Å². The Labute approximate surface area is 138 Å². The van der Waals surface area contributed by atoms with Crippen LogP contribution < -0.4 is 4.74 Å². The highest BCUT2D eigenvalue weighted by molar-refractivity contribution is 5.44. The number of hydrogen-bond donors (Lipinski definition) is 0. The first-order valence-electron chi connectivity index (χ1n) is 8.06. The predicted octanol–water partition coefficient (Wildman–Crippen LogP) is 2.86. The summed E-state index contributed by atoms with van der Waals surface area (Å²) >= 11 is 0. The molecule has 1 aliphatic rings. The van der Waals surface area contributed by atoms with E-state index < -0.39 is 0 Å². The van der Waals surface area contributed by atoms with Gasteiger partial charge in [-0.3, -0.25) is 4.98 Å². The second-order valence-electron chi connectivity index (χ2n) is 6.16. The summed E-state index contributed by atoms with van der Waals surface area (Å²) < 4.78 is 11.7. The minimum absolute atomic E-state index is 0.0775. The predicted molar refractivity (Wildman–Crippen MR) is 91.0 cm³/mol. The van der Waals surface area contributed by atoms with Crippen LogP contribution in [0.5, 0.6) is 5.75 Å². The van der Waals surface area contributed by atoms with Gasteiger partial charge >= 0.3 is 0 Å². The van der Waals surface area contributed by atoms with Gasteiger partial charge in [0.2, 0.25) is 0 Å². The van der Waals surface area contributed by atoms with Crippen LogP contribution in [0.4, 0.5) is 0 Å². The van der Waals surface area contributed by atoms with Gasteiger partial charge in [0.05, 0.1) is 13.7 Å². The summed E-state index contributed by atoms with van der Waals surface area (Å²) in [6, 6.07) is 10.4. The largest absolute Gasteiger partial charge is 0.497 e. The lowest BCUT2D eigenvalue weighted by atomic mass is 9.98. The van der Waals surface area contributed by atoms with Gasteiger partial charge < -0.3 is 14.4 Å². The summed E-state index contributed by atoms with van der Waals surface area (Å²) in [6.07, 6.45) is 3.72. The van der Waals surface area contributed by atoms with Crippen molar-refractivity contribution in [2.45, 2.75) is 18.9 Å². The molecule has 1 heterocycles. The summed E-state index contributed by atoms with van der Waals surface area (Å²) in [5, 5.41) is 0. The number of benzene rings is 1. The summed E-state index contributed by atoms with van der Waals surface area (Å²) in [7, 11) is 5.82. The zero-order chi connectivity index (χ0) is 16.2. The third kappa shape index (κ3) is 3.54. The summed E-state index contributed by atoms with van der Waals surface area (Å²) in [5.41, 5.74) is 4.84. The van der Waals surface area contributed by atoms with Gasteiger partial charge in [0.25, 0.3) is 0 Å². The molecule has 0 N–H and O–H groups in total. The molecule has 0 saturated heterocycles. The highest BCUT2D eigenvalue weighted by Gasteiger charge is 2.25. The number of likely N-dealkylation sites (N-methyl/N-ethyl adjacent to an activating group) is 1. The number of hydrogen-bond acceptors (Lipinski definition) is 4. The van der Waals surface area contributed by atoms with Crippen molar-refractivity contribution in [2.75, 3.05) is 34.4 Å². The number of aromatic nitrogens is 1. The van der Waals surface area contributed by atoms with Crippen molar-refractivity contribution in [3.05, 3.63) is 58.9 Å². The van der Waals surface area contributed by atoms with Gasteiger partial charge in [-0.2, -0.15) is 0 Å². The Morgan fingerprint density at radius 3 is 2.83 bits per heavy atom. The molecule has 0 radical (unpaired) electrons. The molecule has 1 unspecified atom stereocenters. The molecule has 122 valence electrons. The normalized spacial score (nSPS) is 16.6. The van der Waals surface area contributed by atoms with Crippen molar-refractivity contribution in [1.29, 1.82) is 0 Å². The molecular weight excluding hydrogens is 288 g/mol. The number of fused-ring (bicyclic) bond motifs is 2. The molecule has 4 nitrogen and oxygen atoms in total. The molecule has 2 aromatic rings. The van der Waals surface area contributed by atoms with Gasteiger partial charge in [0.15, 0.2) is 0 Å². The first kappa shape index (κ1) is 16.0. The smallest absolute Gasteiger partial charge is 0.119 e. The van der Waals surface area contributed by atoms with Crippen molar-refractivity contribution in [3.63, 3.8) is 0 Å². The second-order valence-corrected chi connectivity index (χ2v) is 6.16. The zero-order valence-corrected chi connectivity index (χ0v) is 14.1. The molecule has 0 bridgehead atoms. The van der Waals surface area contributed by atoms with Crippen LogP contribution in [0.1, 0.15) is 28.5 Å². The molecule has 0 fully saturated rings. The number of ether oxygens (including phenoxy) is 2. The third-order valence-corrected chi connectivity index (χ3v) is 4.30. The van der Waals surface area contributed by atoms with Crippen LogP contribution in [0.2, 0.25) is 0 Å². The van der Waals surface area contributed by atoms with E-state index in [0.717, 1.165) is 30.8 Å². The lowest BCUT2D eigenvalue weighted by Gasteiger charge is -2.22. The van der Waals surface area contributed by atoms with Crippen LogP contribution in [0.3, 0.4) is 0 Å². The third-order valence-electron chi connectivity index (χ3n) is 4.30. The van der Waals surface area contributed by atoms with Gasteiger partial charge in [0.1, 0.15) is 11.9 Å². The number of rotatable bonds is 5. The van der Waals surface area contributed by atoms with Crippen molar-refractivity contribution >= 4 is 0 Å². The van der Waals surface area contributed by atoms with E-state index in [9.17, 15) is 0 Å². The highest BCUT2D eigenvalue weighted by atomic mass is 16.5. The molecule has 0 amide bonds. The van der Waals surface area contributed by atoms with E-state index in [1.165, 1.54) is 16.7 Å².